The van der Waals surface area contributed by atoms with Gasteiger partial charge in [0.25, 0.3) is 0 Å². The first-order valence-corrected chi connectivity index (χ1v) is 9.38. The lowest BCUT2D eigenvalue weighted by atomic mass is 10.1. The highest BCUT2D eigenvalue weighted by atomic mass is 16.5. The summed E-state index contributed by atoms with van der Waals surface area (Å²) in [5, 5.41) is 1.00. The summed E-state index contributed by atoms with van der Waals surface area (Å²) in [7, 11) is 0. The SMILES string of the molecule is c1ccc(-c2cccc(Oc3cccc(-c4ncc5ccccc5n4)n3)c2)cc1. The van der Waals surface area contributed by atoms with Crippen molar-refractivity contribution in [2.75, 3.05) is 0 Å². The lowest BCUT2D eigenvalue weighted by molar-refractivity contribution is 0.463. The van der Waals surface area contributed by atoms with Gasteiger partial charge in [-0.25, -0.2) is 15.0 Å². The van der Waals surface area contributed by atoms with E-state index in [4.69, 9.17) is 4.74 Å². The number of nitrogens with zero attached hydrogens (tertiary/aromatic N) is 3. The van der Waals surface area contributed by atoms with E-state index in [-0.39, 0.29) is 0 Å². The number of ether oxygens (including phenoxy) is 1. The fraction of sp³-hybridized carbons (Fsp3) is 0. The number of rotatable bonds is 4. The van der Waals surface area contributed by atoms with Gasteiger partial charge in [-0.05, 0) is 35.4 Å². The maximum Gasteiger partial charge on any atom is 0.219 e. The van der Waals surface area contributed by atoms with E-state index >= 15 is 0 Å². The number of aromatic nitrogens is 3. The molecule has 2 aromatic heterocycles. The van der Waals surface area contributed by atoms with E-state index in [0.29, 0.717) is 17.4 Å². The van der Waals surface area contributed by atoms with Crippen molar-refractivity contribution in [3.05, 3.63) is 103 Å². The van der Waals surface area contributed by atoms with Gasteiger partial charge < -0.3 is 4.74 Å². The normalized spacial score (nSPS) is 10.8. The maximum atomic E-state index is 6.02. The van der Waals surface area contributed by atoms with Crippen molar-refractivity contribution in [3.8, 4) is 34.3 Å². The van der Waals surface area contributed by atoms with E-state index in [9.17, 15) is 0 Å². The summed E-state index contributed by atoms with van der Waals surface area (Å²) in [5.74, 6) is 1.81. The van der Waals surface area contributed by atoms with Crippen LogP contribution >= 0.6 is 0 Å². The van der Waals surface area contributed by atoms with E-state index in [2.05, 4.69) is 33.2 Å². The summed E-state index contributed by atoms with van der Waals surface area (Å²) >= 11 is 0. The Morgan fingerprint density at radius 3 is 2.34 bits per heavy atom. The zero-order valence-electron chi connectivity index (χ0n) is 15.6. The minimum Gasteiger partial charge on any atom is -0.439 e. The Hall–Kier alpha value is -4.05. The van der Waals surface area contributed by atoms with Crippen LogP contribution in [0, 0.1) is 0 Å². The van der Waals surface area contributed by atoms with Crippen LogP contribution < -0.4 is 4.74 Å². The Bertz CT molecular complexity index is 1290. The quantitative estimate of drug-likeness (QED) is 0.378. The van der Waals surface area contributed by atoms with Gasteiger partial charge in [0.05, 0.1) is 5.52 Å². The molecule has 4 nitrogen and oxygen atoms in total. The molecule has 3 aromatic carbocycles. The fourth-order valence-corrected chi connectivity index (χ4v) is 3.18. The predicted molar refractivity (Wildman–Crippen MR) is 115 cm³/mol. The molecule has 2 heterocycles. The van der Waals surface area contributed by atoms with Crippen LogP contribution in [-0.4, -0.2) is 15.0 Å². The molecule has 0 aliphatic heterocycles. The van der Waals surface area contributed by atoms with Crippen molar-refractivity contribution in [1.29, 1.82) is 0 Å². The van der Waals surface area contributed by atoms with Gasteiger partial charge in [-0.15, -0.1) is 0 Å². The number of fused-ring (bicyclic) bond motifs is 1. The first-order chi connectivity index (χ1) is 14.3. The first kappa shape index (κ1) is 17.1. The average Bonchev–Trinajstić information content (AvgIpc) is 2.80. The summed E-state index contributed by atoms with van der Waals surface area (Å²) in [6.07, 6.45) is 1.82. The lowest BCUT2D eigenvalue weighted by Gasteiger charge is -2.08. The summed E-state index contributed by atoms with van der Waals surface area (Å²) in [5.41, 5.74) is 3.80. The van der Waals surface area contributed by atoms with Crippen LogP contribution in [0.2, 0.25) is 0 Å². The van der Waals surface area contributed by atoms with Crippen LogP contribution in [0.4, 0.5) is 0 Å². The second kappa shape index (κ2) is 7.52. The van der Waals surface area contributed by atoms with Crippen LogP contribution in [-0.2, 0) is 0 Å². The number of hydrogen-bond acceptors (Lipinski definition) is 4. The van der Waals surface area contributed by atoms with Crippen molar-refractivity contribution in [3.63, 3.8) is 0 Å². The van der Waals surface area contributed by atoms with Crippen LogP contribution in [0.1, 0.15) is 0 Å². The van der Waals surface area contributed by atoms with Gasteiger partial charge in [0.2, 0.25) is 5.88 Å². The van der Waals surface area contributed by atoms with Gasteiger partial charge in [-0.1, -0.05) is 66.7 Å². The highest BCUT2D eigenvalue weighted by molar-refractivity contribution is 5.79. The number of hydrogen-bond donors (Lipinski definition) is 0. The maximum absolute atomic E-state index is 6.02. The second-order valence-corrected chi connectivity index (χ2v) is 6.61. The number of benzene rings is 3. The van der Waals surface area contributed by atoms with Crippen molar-refractivity contribution >= 4 is 10.9 Å². The zero-order chi connectivity index (χ0) is 19.5. The fourth-order valence-electron chi connectivity index (χ4n) is 3.18. The minimum atomic E-state index is 0.504. The molecule has 0 saturated heterocycles. The van der Waals surface area contributed by atoms with Crippen LogP contribution in [0.25, 0.3) is 33.5 Å². The van der Waals surface area contributed by atoms with Gasteiger partial charge >= 0.3 is 0 Å². The Kier molecular flexibility index (Phi) is 4.43. The molecule has 29 heavy (non-hydrogen) atoms. The van der Waals surface area contributed by atoms with Gasteiger partial charge in [0, 0.05) is 17.6 Å². The molecule has 0 aliphatic rings. The van der Waals surface area contributed by atoms with Gasteiger partial charge in [0.1, 0.15) is 11.4 Å². The summed E-state index contributed by atoms with van der Waals surface area (Å²) in [6, 6.07) is 31.7. The molecule has 0 radical (unpaired) electrons. The van der Waals surface area contributed by atoms with Crippen molar-refractivity contribution in [2.24, 2.45) is 0 Å². The highest BCUT2D eigenvalue weighted by Crippen LogP contribution is 2.27. The van der Waals surface area contributed by atoms with Crippen LogP contribution in [0.15, 0.2) is 103 Å². The monoisotopic (exact) mass is 375 g/mol. The van der Waals surface area contributed by atoms with Crippen LogP contribution in [0.5, 0.6) is 11.6 Å². The molecule has 0 amide bonds. The molecule has 5 rings (SSSR count). The Balaban J connectivity index is 1.44. The van der Waals surface area contributed by atoms with Crippen molar-refractivity contribution in [1.82, 2.24) is 15.0 Å². The van der Waals surface area contributed by atoms with E-state index in [1.807, 2.05) is 85.1 Å². The molecule has 0 bridgehead atoms. The highest BCUT2D eigenvalue weighted by Gasteiger charge is 2.08. The molecule has 0 unspecified atom stereocenters. The van der Waals surface area contributed by atoms with Crippen molar-refractivity contribution < 1.29 is 4.74 Å². The first-order valence-electron chi connectivity index (χ1n) is 9.38. The Morgan fingerprint density at radius 2 is 1.41 bits per heavy atom. The summed E-state index contributed by atoms with van der Waals surface area (Å²) < 4.78 is 6.02. The summed E-state index contributed by atoms with van der Waals surface area (Å²) in [6.45, 7) is 0. The standard InChI is InChI=1S/C25H17N3O/c1-2-8-18(9-3-1)19-11-6-12-21(16-19)29-24-15-7-14-23(27-24)25-26-17-20-10-4-5-13-22(20)28-25/h1-17H. The second-order valence-electron chi connectivity index (χ2n) is 6.61. The smallest absolute Gasteiger partial charge is 0.219 e. The van der Waals surface area contributed by atoms with Gasteiger partial charge in [0.15, 0.2) is 5.82 Å². The van der Waals surface area contributed by atoms with Crippen LogP contribution in [0.3, 0.4) is 0 Å². The van der Waals surface area contributed by atoms with E-state index in [0.717, 1.165) is 27.8 Å². The predicted octanol–water partition coefficient (Wildman–Crippen LogP) is 6.15. The molecule has 0 spiro atoms. The average molecular weight is 375 g/mol. The summed E-state index contributed by atoms with van der Waals surface area (Å²) in [4.78, 5) is 13.7. The lowest BCUT2D eigenvalue weighted by Crippen LogP contribution is -1.94. The molecular formula is C25H17N3O. The topological polar surface area (TPSA) is 47.9 Å². The van der Waals surface area contributed by atoms with Gasteiger partial charge in [-0.3, -0.25) is 0 Å². The molecule has 0 saturated carbocycles. The Labute approximate surface area is 168 Å². The van der Waals surface area contributed by atoms with Gasteiger partial charge in [-0.2, -0.15) is 0 Å². The third-order valence-corrected chi connectivity index (χ3v) is 4.61. The molecule has 4 heteroatoms. The molecule has 0 aliphatic carbocycles. The third-order valence-electron chi connectivity index (χ3n) is 4.61. The Morgan fingerprint density at radius 1 is 0.621 bits per heavy atom. The molecule has 0 fully saturated rings. The zero-order valence-corrected chi connectivity index (χ0v) is 15.6. The van der Waals surface area contributed by atoms with E-state index in [1.165, 1.54) is 0 Å². The third kappa shape index (κ3) is 3.69. The molecule has 0 N–H and O–H groups in total. The molecule has 138 valence electrons. The number of para-hydroxylation sites is 1. The van der Waals surface area contributed by atoms with Crippen molar-refractivity contribution in [2.45, 2.75) is 0 Å². The van der Waals surface area contributed by atoms with E-state index < -0.39 is 0 Å². The molecule has 0 atom stereocenters. The molecule has 5 aromatic rings. The minimum absolute atomic E-state index is 0.504. The largest absolute Gasteiger partial charge is 0.439 e. The van der Waals surface area contributed by atoms with E-state index in [1.54, 1.807) is 0 Å². The number of pyridine rings is 1. The molecular weight excluding hydrogens is 358 g/mol.